The summed E-state index contributed by atoms with van der Waals surface area (Å²) in [5.74, 6) is 1.27. The number of hydrogen-bond acceptors (Lipinski definition) is 2. The molecular formula is C18H28N4O. The summed E-state index contributed by atoms with van der Waals surface area (Å²) < 4.78 is 0. The average molecular weight is 316 g/mol. The predicted molar refractivity (Wildman–Crippen MR) is 95.5 cm³/mol. The molecule has 0 spiro atoms. The van der Waals surface area contributed by atoms with Crippen LogP contribution in [0.15, 0.2) is 29.3 Å². The van der Waals surface area contributed by atoms with Gasteiger partial charge in [-0.05, 0) is 30.5 Å². The quantitative estimate of drug-likeness (QED) is 0.686. The molecule has 126 valence electrons. The van der Waals surface area contributed by atoms with Gasteiger partial charge in [0.2, 0.25) is 5.91 Å². The van der Waals surface area contributed by atoms with Gasteiger partial charge in [0.25, 0.3) is 0 Å². The third-order valence-corrected chi connectivity index (χ3v) is 4.12. The summed E-state index contributed by atoms with van der Waals surface area (Å²) in [7, 11) is 7.93. The Morgan fingerprint density at radius 2 is 1.83 bits per heavy atom. The van der Waals surface area contributed by atoms with Crippen LogP contribution in [0, 0.1) is 5.92 Å². The molecule has 1 aliphatic carbocycles. The Morgan fingerprint density at radius 3 is 2.43 bits per heavy atom. The standard InChI is InChI=1S/C18H28N4O/c1-21(2)18(22(3)4)19-13-14-8-7-11-16(12-14)20-17(23)15-9-5-6-10-15/h7-8,11-12,15H,5-6,9-10,13H2,1-4H3,(H,20,23). The molecule has 1 fully saturated rings. The van der Waals surface area contributed by atoms with Gasteiger partial charge in [0.15, 0.2) is 5.96 Å². The van der Waals surface area contributed by atoms with Gasteiger partial charge in [0, 0.05) is 39.8 Å². The Morgan fingerprint density at radius 1 is 1.17 bits per heavy atom. The molecule has 0 atom stereocenters. The summed E-state index contributed by atoms with van der Waals surface area (Å²) in [6, 6.07) is 7.97. The second-order valence-electron chi connectivity index (χ2n) is 6.58. The molecular weight excluding hydrogens is 288 g/mol. The Hall–Kier alpha value is -2.04. The van der Waals surface area contributed by atoms with E-state index in [1.54, 1.807) is 0 Å². The first-order valence-corrected chi connectivity index (χ1v) is 8.26. The van der Waals surface area contributed by atoms with E-state index in [1.807, 2.05) is 62.3 Å². The molecule has 5 heteroatoms. The van der Waals surface area contributed by atoms with Gasteiger partial charge in [-0.1, -0.05) is 25.0 Å². The molecule has 1 saturated carbocycles. The summed E-state index contributed by atoms with van der Waals surface area (Å²) >= 11 is 0. The van der Waals surface area contributed by atoms with Crippen molar-refractivity contribution in [2.24, 2.45) is 10.9 Å². The normalized spacial score (nSPS) is 14.4. The summed E-state index contributed by atoms with van der Waals surface area (Å²) in [6.07, 6.45) is 4.38. The van der Waals surface area contributed by atoms with E-state index in [0.717, 1.165) is 30.1 Å². The number of guanidine groups is 1. The van der Waals surface area contributed by atoms with E-state index in [4.69, 9.17) is 0 Å². The number of carbonyl (C=O) groups is 1. The molecule has 1 aromatic rings. The first-order chi connectivity index (χ1) is 11.0. The first kappa shape index (κ1) is 17.3. The highest BCUT2D eigenvalue weighted by atomic mass is 16.1. The third kappa shape index (κ3) is 4.98. The zero-order valence-electron chi connectivity index (χ0n) is 14.7. The van der Waals surface area contributed by atoms with Gasteiger partial charge in [-0.3, -0.25) is 4.79 Å². The van der Waals surface area contributed by atoms with Gasteiger partial charge < -0.3 is 15.1 Å². The molecule has 23 heavy (non-hydrogen) atoms. The second kappa shape index (κ2) is 7.99. The molecule has 0 heterocycles. The minimum Gasteiger partial charge on any atom is -0.349 e. The van der Waals surface area contributed by atoms with Crippen LogP contribution in [0.3, 0.4) is 0 Å². The largest absolute Gasteiger partial charge is 0.349 e. The Bertz CT molecular complexity index is 550. The zero-order chi connectivity index (χ0) is 16.8. The van der Waals surface area contributed by atoms with E-state index in [9.17, 15) is 4.79 Å². The highest BCUT2D eigenvalue weighted by Crippen LogP contribution is 2.26. The van der Waals surface area contributed by atoms with Gasteiger partial charge in [-0.15, -0.1) is 0 Å². The fourth-order valence-corrected chi connectivity index (χ4v) is 3.02. The number of aliphatic imine (C=N–C) groups is 1. The number of anilines is 1. The van der Waals surface area contributed by atoms with Crippen LogP contribution < -0.4 is 5.32 Å². The number of carbonyl (C=O) groups excluding carboxylic acids is 1. The lowest BCUT2D eigenvalue weighted by molar-refractivity contribution is -0.119. The van der Waals surface area contributed by atoms with Gasteiger partial charge in [0.1, 0.15) is 0 Å². The number of nitrogens with zero attached hydrogens (tertiary/aromatic N) is 3. The lowest BCUT2D eigenvalue weighted by Crippen LogP contribution is -2.35. The molecule has 5 nitrogen and oxygen atoms in total. The van der Waals surface area contributed by atoms with E-state index < -0.39 is 0 Å². The van der Waals surface area contributed by atoms with Gasteiger partial charge in [0.05, 0.1) is 6.54 Å². The number of benzene rings is 1. The van der Waals surface area contributed by atoms with Crippen LogP contribution in [0.5, 0.6) is 0 Å². The molecule has 1 aliphatic rings. The summed E-state index contributed by atoms with van der Waals surface area (Å²) in [5, 5.41) is 3.05. The molecule has 0 saturated heterocycles. The van der Waals surface area contributed by atoms with Crippen molar-refractivity contribution in [1.82, 2.24) is 9.80 Å². The number of nitrogens with one attached hydrogen (secondary N) is 1. The van der Waals surface area contributed by atoms with Crippen LogP contribution in [-0.4, -0.2) is 49.9 Å². The van der Waals surface area contributed by atoms with Crippen molar-refractivity contribution in [3.63, 3.8) is 0 Å². The molecule has 1 amide bonds. The van der Waals surface area contributed by atoms with Crippen LogP contribution in [0.4, 0.5) is 5.69 Å². The Kier molecular flexibility index (Phi) is 6.02. The summed E-state index contributed by atoms with van der Waals surface area (Å²) in [6.45, 7) is 0.596. The molecule has 0 aromatic heterocycles. The van der Waals surface area contributed by atoms with Crippen molar-refractivity contribution in [3.05, 3.63) is 29.8 Å². The summed E-state index contributed by atoms with van der Waals surface area (Å²) in [5.41, 5.74) is 1.96. The maximum absolute atomic E-state index is 12.2. The van der Waals surface area contributed by atoms with E-state index in [-0.39, 0.29) is 11.8 Å². The number of rotatable bonds is 4. The monoisotopic (exact) mass is 316 g/mol. The Balaban J connectivity index is 2.01. The topological polar surface area (TPSA) is 47.9 Å². The first-order valence-electron chi connectivity index (χ1n) is 8.26. The minimum atomic E-state index is 0.158. The minimum absolute atomic E-state index is 0.158. The van der Waals surface area contributed by atoms with Crippen molar-refractivity contribution >= 4 is 17.6 Å². The SMILES string of the molecule is CN(C)C(=NCc1cccc(NC(=O)C2CCCC2)c1)N(C)C. The molecule has 0 bridgehead atoms. The Labute approximate surface area is 139 Å². The zero-order valence-corrected chi connectivity index (χ0v) is 14.7. The maximum atomic E-state index is 12.2. The van der Waals surface area contributed by atoms with Crippen LogP contribution in [0.25, 0.3) is 0 Å². The molecule has 0 radical (unpaired) electrons. The van der Waals surface area contributed by atoms with Crippen molar-refractivity contribution in [2.45, 2.75) is 32.2 Å². The molecule has 2 rings (SSSR count). The van der Waals surface area contributed by atoms with Crippen molar-refractivity contribution in [3.8, 4) is 0 Å². The van der Waals surface area contributed by atoms with Gasteiger partial charge >= 0.3 is 0 Å². The number of amides is 1. The van der Waals surface area contributed by atoms with Crippen molar-refractivity contribution in [1.29, 1.82) is 0 Å². The van der Waals surface area contributed by atoms with Crippen LogP contribution in [-0.2, 0) is 11.3 Å². The third-order valence-electron chi connectivity index (χ3n) is 4.12. The van der Waals surface area contributed by atoms with Gasteiger partial charge in [-0.25, -0.2) is 4.99 Å². The highest BCUT2D eigenvalue weighted by molar-refractivity contribution is 5.92. The molecule has 1 aromatic carbocycles. The fraction of sp³-hybridized carbons (Fsp3) is 0.556. The molecule has 0 unspecified atom stereocenters. The smallest absolute Gasteiger partial charge is 0.227 e. The van der Waals surface area contributed by atoms with Crippen LogP contribution >= 0.6 is 0 Å². The maximum Gasteiger partial charge on any atom is 0.227 e. The molecule has 1 N–H and O–H groups in total. The molecule has 0 aliphatic heterocycles. The predicted octanol–water partition coefficient (Wildman–Crippen LogP) is 2.79. The van der Waals surface area contributed by atoms with E-state index in [0.29, 0.717) is 6.54 Å². The van der Waals surface area contributed by atoms with E-state index in [2.05, 4.69) is 10.3 Å². The van der Waals surface area contributed by atoms with Crippen molar-refractivity contribution in [2.75, 3.05) is 33.5 Å². The van der Waals surface area contributed by atoms with Crippen LogP contribution in [0.1, 0.15) is 31.2 Å². The van der Waals surface area contributed by atoms with E-state index in [1.165, 1.54) is 12.8 Å². The number of hydrogen-bond donors (Lipinski definition) is 1. The fourth-order valence-electron chi connectivity index (χ4n) is 3.02. The second-order valence-corrected chi connectivity index (χ2v) is 6.58. The highest BCUT2D eigenvalue weighted by Gasteiger charge is 2.22. The lowest BCUT2D eigenvalue weighted by atomic mass is 10.1. The average Bonchev–Trinajstić information content (AvgIpc) is 3.01. The van der Waals surface area contributed by atoms with Crippen molar-refractivity contribution < 1.29 is 4.79 Å². The van der Waals surface area contributed by atoms with Crippen LogP contribution in [0.2, 0.25) is 0 Å². The summed E-state index contributed by atoms with van der Waals surface area (Å²) in [4.78, 5) is 20.8. The van der Waals surface area contributed by atoms with E-state index >= 15 is 0 Å². The lowest BCUT2D eigenvalue weighted by Gasteiger charge is -2.22. The van der Waals surface area contributed by atoms with Gasteiger partial charge in [-0.2, -0.15) is 0 Å².